The second-order valence-corrected chi connectivity index (χ2v) is 7.37. The lowest BCUT2D eigenvalue weighted by Crippen LogP contribution is -2.49. The van der Waals surface area contributed by atoms with Gasteiger partial charge in [0.05, 0.1) is 14.2 Å². The SMILES string of the molecule is COc1ccc(CCN(C)C2CCCN(C(=O)c3csnn3)C2)cc1OC. The van der Waals surface area contributed by atoms with Crippen LogP contribution in [-0.4, -0.2) is 72.2 Å². The van der Waals surface area contributed by atoms with E-state index in [0.29, 0.717) is 11.7 Å². The first-order valence-corrected chi connectivity index (χ1v) is 9.93. The van der Waals surface area contributed by atoms with E-state index >= 15 is 0 Å². The summed E-state index contributed by atoms with van der Waals surface area (Å²) in [6.07, 6.45) is 3.02. The summed E-state index contributed by atoms with van der Waals surface area (Å²) in [6, 6.07) is 6.39. The van der Waals surface area contributed by atoms with Crippen molar-refractivity contribution in [3.63, 3.8) is 0 Å². The highest BCUT2D eigenvalue weighted by Gasteiger charge is 2.27. The zero-order chi connectivity index (χ0) is 19.2. The van der Waals surface area contributed by atoms with Gasteiger partial charge in [-0.2, -0.15) is 0 Å². The molecule has 8 heteroatoms. The number of aromatic nitrogens is 2. The number of piperidine rings is 1. The van der Waals surface area contributed by atoms with Crippen LogP contribution >= 0.6 is 11.5 Å². The molecule has 0 saturated carbocycles. The van der Waals surface area contributed by atoms with Gasteiger partial charge in [0, 0.05) is 31.1 Å². The summed E-state index contributed by atoms with van der Waals surface area (Å²) < 4.78 is 14.5. The summed E-state index contributed by atoms with van der Waals surface area (Å²) >= 11 is 1.21. The third-order valence-corrected chi connectivity index (χ3v) is 5.59. The maximum absolute atomic E-state index is 12.5. The normalized spacial score (nSPS) is 17.2. The number of rotatable bonds is 7. The first-order chi connectivity index (χ1) is 13.1. The summed E-state index contributed by atoms with van der Waals surface area (Å²) in [5.74, 6) is 1.48. The molecule has 2 aromatic rings. The second kappa shape index (κ2) is 9.14. The van der Waals surface area contributed by atoms with Crippen molar-refractivity contribution in [3.05, 3.63) is 34.8 Å². The van der Waals surface area contributed by atoms with Crippen molar-refractivity contribution in [1.82, 2.24) is 19.4 Å². The van der Waals surface area contributed by atoms with E-state index in [-0.39, 0.29) is 5.91 Å². The van der Waals surface area contributed by atoms with Crippen molar-refractivity contribution in [2.45, 2.75) is 25.3 Å². The minimum atomic E-state index is -0.0123. The minimum absolute atomic E-state index is 0.0123. The highest BCUT2D eigenvalue weighted by atomic mass is 32.1. The first kappa shape index (κ1) is 19.6. The number of benzene rings is 1. The van der Waals surface area contributed by atoms with Crippen LogP contribution in [0, 0.1) is 0 Å². The van der Waals surface area contributed by atoms with Crippen LogP contribution in [0.1, 0.15) is 28.9 Å². The van der Waals surface area contributed by atoms with Crippen LogP contribution in [0.5, 0.6) is 11.5 Å². The van der Waals surface area contributed by atoms with E-state index in [1.54, 1.807) is 19.6 Å². The topological polar surface area (TPSA) is 67.8 Å². The van der Waals surface area contributed by atoms with Crippen LogP contribution < -0.4 is 9.47 Å². The van der Waals surface area contributed by atoms with E-state index in [0.717, 1.165) is 50.4 Å². The molecule has 1 aliphatic heterocycles. The van der Waals surface area contributed by atoms with Crippen LogP contribution in [0.25, 0.3) is 0 Å². The summed E-state index contributed by atoms with van der Waals surface area (Å²) in [4.78, 5) is 16.8. The Bertz CT molecular complexity index is 753. The minimum Gasteiger partial charge on any atom is -0.493 e. The number of nitrogens with zero attached hydrogens (tertiary/aromatic N) is 4. The average molecular weight is 391 g/mol. The molecule has 0 spiro atoms. The van der Waals surface area contributed by atoms with Crippen molar-refractivity contribution in [1.29, 1.82) is 0 Å². The number of ether oxygens (including phenoxy) is 2. The fourth-order valence-electron chi connectivity index (χ4n) is 3.44. The molecule has 146 valence electrons. The van der Waals surface area contributed by atoms with E-state index in [4.69, 9.17) is 9.47 Å². The molecule has 7 nitrogen and oxygen atoms in total. The van der Waals surface area contributed by atoms with Gasteiger partial charge in [-0.15, -0.1) is 5.10 Å². The van der Waals surface area contributed by atoms with E-state index in [1.165, 1.54) is 17.1 Å². The Kier molecular flexibility index (Phi) is 6.63. The largest absolute Gasteiger partial charge is 0.493 e. The fraction of sp³-hybridized carbons (Fsp3) is 0.526. The van der Waals surface area contributed by atoms with Gasteiger partial charge in [-0.3, -0.25) is 4.79 Å². The number of carbonyl (C=O) groups is 1. The molecule has 2 heterocycles. The van der Waals surface area contributed by atoms with E-state index in [1.807, 2.05) is 17.0 Å². The predicted octanol–water partition coefficient (Wildman–Crippen LogP) is 2.33. The maximum atomic E-state index is 12.5. The Labute approximate surface area is 164 Å². The van der Waals surface area contributed by atoms with Crippen LogP contribution in [0.3, 0.4) is 0 Å². The van der Waals surface area contributed by atoms with Gasteiger partial charge in [-0.1, -0.05) is 10.6 Å². The van der Waals surface area contributed by atoms with Crippen molar-refractivity contribution in [2.75, 3.05) is 40.9 Å². The zero-order valence-electron chi connectivity index (χ0n) is 16.1. The fourth-order valence-corrected chi connectivity index (χ4v) is 3.87. The highest BCUT2D eigenvalue weighted by molar-refractivity contribution is 7.03. The van der Waals surface area contributed by atoms with Crippen LogP contribution in [0.4, 0.5) is 0 Å². The molecular weight excluding hydrogens is 364 g/mol. The number of hydrogen-bond acceptors (Lipinski definition) is 7. The van der Waals surface area contributed by atoms with Gasteiger partial charge in [-0.25, -0.2) is 0 Å². The number of likely N-dealkylation sites (N-methyl/N-ethyl adjacent to an activating group) is 1. The second-order valence-electron chi connectivity index (χ2n) is 6.76. The molecule has 1 amide bonds. The number of amides is 1. The molecule has 1 unspecified atom stereocenters. The molecule has 1 atom stereocenters. The number of likely N-dealkylation sites (tertiary alicyclic amines) is 1. The van der Waals surface area contributed by atoms with Crippen LogP contribution in [0.15, 0.2) is 23.6 Å². The van der Waals surface area contributed by atoms with Crippen molar-refractivity contribution >= 4 is 17.4 Å². The van der Waals surface area contributed by atoms with Gasteiger partial charge in [-0.05, 0) is 55.5 Å². The van der Waals surface area contributed by atoms with Gasteiger partial charge >= 0.3 is 0 Å². The van der Waals surface area contributed by atoms with Crippen LogP contribution in [-0.2, 0) is 6.42 Å². The third-order valence-electron chi connectivity index (χ3n) is 5.09. The molecule has 0 N–H and O–H groups in total. The van der Waals surface area contributed by atoms with E-state index in [9.17, 15) is 4.79 Å². The lowest BCUT2D eigenvalue weighted by Gasteiger charge is -2.37. The molecule has 1 saturated heterocycles. The highest BCUT2D eigenvalue weighted by Crippen LogP contribution is 2.28. The summed E-state index contributed by atoms with van der Waals surface area (Å²) in [5.41, 5.74) is 1.66. The van der Waals surface area contributed by atoms with Gasteiger partial charge < -0.3 is 19.3 Å². The van der Waals surface area contributed by atoms with Crippen molar-refractivity contribution < 1.29 is 14.3 Å². The molecule has 1 aromatic carbocycles. The smallest absolute Gasteiger partial charge is 0.275 e. The number of carbonyl (C=O) groups excluding carboxylic acids is 1. The summed E-state index contributed by atoms with van der Waals surface area (Å²) in [5, 5.41) is 5.62. The molecule has 27 heavy (non-hydrogen) atoms. The molecule has 0 aliphatic carbocycles. The average Bonchev–Trinajstić information content (AvgIpc) is 3.26. The molecule has 0 bridgehead atoms. The molecule has 1 aromatic heterocycles. The van der Waals surface area contributed by atoms with E-state index < -0.39 is 0 Å². The standard InChI is InChI=1S/C19H26N4O3S/c1-22(10-8-14-6-7-17(25-2)18(11-14)26-3)15-5-4-9-23(12-15)19(24)16-13-27-21-20-16/h6-7,11,13,15H,4-5,8-10,12H2,1-3H3. The zero-order valence-corrected chi connectivity index (χ0v) is 16.9. The number of hydrogen-bond donors (Lipinski definition) is 0. The van der Waals surface area contributed by atoms with Gasteiger partial charge in [0.15, 0.2) is 17.2 Å². The Morgan fingerprint density at radius 2 is 2.15 bits per heavy atom. The molecule has 0 radical (unpaired) electrons. The monoisotopic (exact) mass is 390 g/mol. The van der Waals surface area contributed by atoms with Gasteiger partial charge in [0.2, 0.25) is 0 Å². The predicted molar refractivity (Wildman–Crippen MR) is 105 cm³/mol. The van der Waals surface area contributed by atoms with Crippen molar-refractivity contribution in [2.24, 2.45) is 0 Å². The third kappa shape index (κ3) is 4.75. The Hall–Kier alpha value is -2.19. The molecular formula is C19H26N4O3S. The van der Waals surface area contributed by atoms with E-state index in [2.05, 4.69) is 27.6 Å². The lowest BCUT2D eigenvalue weighted by molar-refractivity contribution is 0.0606. The Morgan fingerprint density at radius 1 is 1.33 bits per heavy atom. The van der Waals surface area contributed by atoms with Gasteiger partial charge in [0.25, 0.3) is 5.91 Å². The maximum Gasteiger partial charge on any atom is 0.275 e. The van der Waals surface area contributed by atoms with Crippen molar-refractivity contribution in [3.8, 4) is 11.5 Å². The summed E-state index contributed by atoms with van der Waals surface area (Å²) in [7, 11) is 5.42. The summed E-state index contributed by atoms with van der Waals surface area (Å²) in [6.45, 7) is 2.44. The Balaban J connectivity index is 1.56. The Morgan fingerprint density at radius 3 is 2.85 bits per heavy atom. The van der Waals surface area contributed by atoms with Gasteiger partial charge in [0.1, 0.15) is 0 Å². The number of methoxy groups -OCH3 is 2. The quantitative estimate of drug-likeness (QED) is 0.723. The van der Waals surface area contributed by atoms with Crippen LogP contribution in [0.2, 0.25) is 0 Å². The molecule has 1 aliphatic rings. The first-order valence-electron chi connectivity index (χ1n) is 9.10. The lowest BCUT2D eigenvalue weighted by atomic mass is 10.0. The molecule has 3 rings (SSSR count). The molecule has 1 fully saturated rings.